The van der Waals surface area contributed by atoms with E-state index in [2.05, 4.69) is 15.2 Å². The molecule has 2 unspecified atom stereocenters. The molecule has 0 fully saturated rings. The molecule has 0 bridgehead atoms. The SMILES string of the molecule is CCOC(=O)C1C(C(F)(F)F)=Nc2[nH]ncc2C1c1ccccc1. The number of aliphatic imine (C=N–C) groups is 1. The molecule has 1 aromatic carbocycles. The van der Waals surface area contributed by atoms with E-state index in [9.17, 15) is 18.0 Å². The van der Waals surface area contributed by atoms with Gasteiger partial charge in [-0.15, -0.1) is 0 Å². The predicted octanol–water partition coefficient (Wildman–Crippen LogP) is 3.37. The molecule has 0 radical (unpaired) electrons. The minimum Gasteiger partial charge on any atom is -0.465 e. The molecule has 0 amide bonds. The summed E-state index contributed by atoms with van der Waals surface area (Å²) >= 11 is 0. The lowest BCUT2D eigenvalue weighted by Crippen LogP contribution is -2.42. The Hall–Kier alpha value is -2.64. The number of H-pyrrole nitrogens is 1. The van der Waals surface area contributed by atoms with E-state index >= 15 is 0 Å². The largest absolute Gasteiger partial charge is 0.465 e. The zero-order chi connectivity index (χ0) is 17.3. The van der Waals surface area contributed by atoms with Crippen molar-refractivity contribution in [2.24, 2.45) is 10.9 Å². The minimum absolute atomic E-state index is 0.0109. The summed E-state index contributed by atoms with van der Waals surface area (Å²) in [7, 11) is 0. The molecule has 1 aromatic heterocycles. The number of nitrogens with zero attached hydrogens (tertiary/aromatic N) is 2. The lowest BCUT2D eigenvalue weighted by atomic mass is 9.77. The Labute approximate surface area is 135 Å². The van der Waals surface area contributed by atoms with E-state index in [0.717, 1.165) is 0 Å². The van der Waals surface area contributed by atoms with E-state index in [1.165, 1.54) is 6.20 Å². The highest BCUT2D eigenvalue weighted by molar-refractivity contribution is 6.08. The van der Waals surface area contributed by atoms with Crippen molar-refractivity contribution in [3.05, 3.63) is 47.7 Å². The zero-order valence-electron chi connectivity index (χ0n) is 12.7. The first-order chi connectivity index (χ1) is 11.4. The van der Waals surface area contributed by atoms with Crippen LogP contribution < -0.4 is 0 Å². The molecule has 24 heavy (non-hydrogen) atoms. The first-order valence-electron chi connectivity index (χ1n) is 7.34. The van der Waals surface area contributed by atoms with Crippen molar-refractivity contribution in [3.8, 4) is 0 Å². The van der Waals surface area contributed by atoms with Crippen LogP contribution in [0.3, 0.4) is 0 Å². The number of aromatic nitrogens is 2. The first-order valence-corrected chi connectivity index (χ1v) is 7.34. The number of benzene rings is 1. The van der Waals surface area contributed by atoms with Crippen LogP contribution in [0.4, 0.5) is 19.0 Å². The molecule has 0 saturated heterocycles. The van der Waals surface area contributed by atoms with Crippen molar-refractivity contribution >= 4 is 17.5 Å². The van der Waals surface area contributed by atoms with Crippen LogP contribution in [0, 0.1) is 5.92 Å². The monoisotopic (exact) mass is 337 g/mol. The summed E-state index contributed by atoms with van der Waals surface area (Å²) < 4.78 is 45.4. The summed E-state index contributed by atoms with van der Waals surface area (Å²) in [6.45, 7) is 1.53. The number of fused-ring (bicyclic) bond motifs is 1. The third-order valence-electron chi connectivity index (χ3n) is 3.83. The van der Waals surface area contributed by atoms with Gasteiger partial charge in [-0.1, -0.05) is 30.3 Å². The minimum atomic E-state index is -4.76. The van der Waals surface area contributed by atoms with Gasteiger partial charge in [0, 0.05) is 11.5 Å². The first kappa shape index (κ1) is 16.2. The van der Waals surface area contributed by atoms with Gasteiger partial charge in [-0.3, -0.25) is 9.89 Å². The molecule has 1 aliphatic heterocycles. The maximum absolute atomic E-state index is 13.5. The maximum Gasteiger partial charge on any atom is 0.430 e. The average Bonchev–Trinajstić information content (AvgIpc) is 3.01. The fourth-order valence-electron chi connectivity index (χ4n) is 2.89. The van der Waals surface area contributed by atoms with E-state index in [1.54, 1.807) is 37.3 Å². The van der Waals surface area contributed by atoms with E-state index in [0.29, 0.717) is 11.1 Å². The van der Waals surface area contributed by atoms with Crippen molar-refractivity contribution in [2.45, 2.75) is 19.0 Å². The summed E-state index contributed by atoms with van der Waals surface area (Å²) in [4.78, 5) is 15.9. The average molecular weight is 337 g/mol. The number of ether oxygens (including phenoxy) is 1. The molecule has 2 atom stereocenters. The number of aromatic amines is 1. The van der Waals surface area contributed by atoms with E-state index in [-0.39, 0.29) is 12.4 Å². The predicted molar refractivity (Wildman–Crippen MR) is 80.1 cm³/mol. The number of halogens is 3. The molecule has 0 aliphatic carbocycles. The van der Waals surface area contributed by atoms with Crippen LogP contribution >= 0.6 is 0 Å². The van der Waals surface area contributed by atoms with Crippen molar-refractivity contribution < 1.29 is 22.7 Å². The van der Waals surface area contributed by atoms with E-state index in [1.807, 2.05) is 0 Å². The molecule has 2 aromatic rings. The molecule has 0 spiro atoms. The van der Waals surface area contributed by atoms with Crippen molar-refractivity contribution in [3.63, 3.8) is 0 Å². The summed E-state index contributed by atoms with van der Waals surface area (Å²) in [6, 6.07) is 8.51. The van der Waals surface area contributed by atoms with Gasteiger partial charge in [-0.2, -0.15) is 18.3 Å². The maximum atomic E-state index is 13.5. The highest BCUT2D eigenvalue weighted by atomic mass is 19.4. The molecule has 1 N–H and O–H groups in total. The Balaban J connectivity index is 2.20. The van der Waals surface area contributed by atoms with Gasteiger partial charge in [-0.25, -0.2) is 4.99 Å². The van der Waals surface area contributed by atoms with Gasteiger partial charge in [-0.05, 0) is 12.5 Å². The number of alkyl halides is 3. The standard InChI is InChI=1S/C16H14F3N3O2/c1-2-24-15(23)12-11(9-6-4-3-5-7-9)10-8-20-22-14(10)21-13(12)16(17,18)19/h3-8,11-12H,2H2,1H3,(H,20,22). The van der Waals surface area contributed by atoms with Crippen LogP contribution in [-0.4, -0.2) is 34.7 Å². The van der Waals surface area contributed by atoms with Gasteiger partial charge >= 0.3 is 12.1 Å². The molecule has 5 nitrogen and oxygen atoms in total. The Morgan fingerprint density at radius 2 is 2.00 bits per heavy atom. The third kappa shape index (κ3) is 2.79. The number of nitrogens with one attached hydrogen (secondary N) is 1. The van der Waals surface area contributed by atoms with Gasteiger partial charge in [0.25, 0.3) is 0 Å². The van der Waals surface area contributed by atoms with Crippen LogP contribution in [0.1, 0.15) is 24.0 Å². The normalized spacial score (nSPS) is 20.2. The van der Waals surface area contributed by atoms with Crippen LogP contribution in [0.2, 0.25) is 0 Å². The van der Waals surface area contributed by atoms with Crippen molar-refractivity contribution in [2.75, 3.05) is 6.61 Å². The summed E-state index contributed by atoms with van der Waals surface area (Å²) in [5.74, 6) is -3.38. The lowest BCUT2D eigenvalue weighted by Gasteiger charge is -2.30. The number of carbonyl (C=O) groups excluding carboxylic acids is 1. The van der Waals surface area contributed by atoms with Crippen LogP contribution in [0.25, 0.3) is 0 Å². The van der Waals surface area contributed by atoms with Gasteiger partial charge in [0.2, 0.25) is 0 Å². The second kappa shape index (κ2) is 6.10. The molecule has 8 heteroatoms. The summed E-state index contributed by atoms with van der Waals surface area (Å²) in [6.07, 6.45) is -3.36. The van der Waals surface area contributed by atoms with Gasteiger partial charge < -0.3 is 4.74 Å². The van der Waals surface area contributed by atoms with Gasteiger partial charge in [0.1, 0.15) is 11.6 Å². The fourth-order valence-corrected chi connectivity index (χ4v) is 2.89. The Kier molecular flexibility index (Phi) is 4.13. The second-order valence-electron chi connectivity index (χ2n) is 5.29. The Bertz CT molecular complexity index is 768. The fraction of sp³-hybridized carbons (Fsp3) is 0.312. The third-order valence-corrected chi connectivity index (χ3v) is 3.83. The molecule has 0 saturated carbocycles. The second-order valence-corrected chi connectivity index (χ2v) is 5.29. The Morgan fingerprint density at radius 1 is 1.29 bits per heavy atom. The van der Waals surface area contributed by atoms with Crippen LogP contribution in [0.5, 0.6) is 0 Å². The molecular formula is C16H14F3N3O2. The molecule has 3 rings (SSSR count). The zero-order valence-corrected chi connectivity index (χ0v) is 12.7. The number of esters is 1. The van der Waals surface area contributed by atoms with Gasteiger partial charge in [0.05, 0.1) is 12.8 Å². The van der Waals surface area contributed by atoms with Crippen molar-refractivity contribution in [1.29, 1.82) is 0 Å². The molecular weight excluding hydrogens is 323 g/mol. The highest BCUT2D eigenvalue weighted by Crippen LogP contribution is 2.45. The Morgan fingerprint density at radius 3 is 2.62 bits per heavy atom. The summed E-state index contributed by atoms with van der Waals surface area (Å²) in [5.41, 5.74) is -0.173. The number of hydrogen-bond acceptors (Lipinski definition) is 4. The number of rotatable bonds is 3. The van der Waals surface area contributed by atoms with Crippen LogP contribution in [0.15, 0.2) is 41.5 Å². The highest BCUT2D eigenvalue weighted by Gasteiger charge is 2.51. The molecule has 126 valence electrons. The van der Waals surface area contributed by atoms with Crippen molar-refractivity contribution in [1.82, 2.24) is 10.2 Å². The smallest absolute Gasteiger partial charge is 0.430 e. The van der Waals surface area contributed by atoms with Gasteiger partial charge in [0.15, 0.2) is 5.82 Å². The number of hydrogen-bond donors (Lipinski definition) is 1. The molecule has 1 aliphatic rings. The summed E-state index contributed by atoms with van der Waals surface area (Å²) in [5, 5.41) is 6.25. The quantitative estimate of drug-likeness (QED) is 0.873. The van der Waals surface area contributed by atoms with E-state index < -0.39 is 29.7 Å². The molecule has 2 heterocycles. The number of carbonyl (C=O) groups is 1. The lowest BCUT2D eigenvalue weighted by molar-refractivity contribution is -0.147. The topological polar surface area (TPSA) is 67.3 Å². The van der Waals surface area contributed by atoms with Crippen LogP contribution in [-0.2, 0) is 9.53 Å². The van der Waals surface area contributed by atoms with E-state index in [4.69, 9.17) is 4.74 Å².